The zero-order valence-corrected chi connectivity index (χ0v) is 21.6. The first kappa shape index (κ1) is 32.8. The zero-order valence-electron chi connectivity index (χ0n) is 11.3. The van der Waals surface area contributed by atoms with Crippen LogP contribution in [0.5, 0.6) is 0 Å². The third-order valence-corrected chi connectivity index (χ3v) is 1.46. The zero-order chi connectivity index (χ0) is 10.7. The Balaban J connectivity index is -0.0000000454. The molecule has 0 rings (SSSR count). The molecule has 8 heteroatoms. The second-order valence-electron chi connectivity index (χ2n) is 2.86. The van der Waals surface area contributed by atoms with E-state index in [0.717, 1.165) is 0 Å². The van der Waals surface area contributed by atoms with Crippen molar-refractivity contribution in [3.8, 4) is 0 Å². The van der Waals surface area contributed by atoms with Gasteiger partial charge in [0.15, 0.2) is 0 Å². The molecule has 0 aromatic carbocycles. The predicted molar refractivity (Wildman–Crippen MR) is 46.7 cm³/mol. The van der Waals surface area contributed by atoms with E-state index in [-0.39, 0.29) is 154 Å². The quantitative estimate of drug-likeness (QED) is 0.285. The summed E-state index contributed by atoms with van der Waals surface area (Å²) in [6, 6.07) is 0. The van der Waals surface area contributed by atoms with Crippen molar-refractivity contribution in [3.63, 3.8) is 0 Å². The van der Waals surface area contributed by atoms with Gasteiger partial charge in [0, 0.05) is 0 Å². The summed E-state index contributed by atoms with van der Waals surface area (Å²) >= 11 is 0. The van der Waals surface area contributed by atoms with Gasteiger partial charge in [-0.15, -0.1) is 0 Å². The molecule has 0 aromatic rings. The molecule has 0 N–H and O–H groups in total. The average molecular weight is 326 g/mol. The van der Waals surface area contributed by atoms with Crippen LogP contribution in [0, 0.1) is 0 Å². The van der Waals surface area contributed by atoms with Gasteiger partial charge in [0.25, 0.3) is 0 Å². The third-order valence-electron chi connectivity index (χ3n) is 1.46. The van der Waals surface area contributed by atoms with E-state index in [1.807, 2.05) is 0 Å². The summed E-state index contributed by atoms with van der Waals surface area (Å²) in [7, 11) is -5.39. The molecule has 0 radical (unpaired) electrons. The van der Waals surface area contributed by atoms with Gasteiger partial charge in [-0.1, -0.05) is 52.4 Å². The van der Waals surface area contributed by atoms with Crippen LogP contribution in [0.15, 0.2) is 0 Å². The second-order valence-corrected chi connectivity index (χ2v) is 3.76. The monoisotopic (exact) mass is 326 g/mol. The van der Waals surface area contributed by atoms with Gasteiger partial charge in [-0.25, -0.2) is 0 Å². The van der Waals surface area contributed by atoms with Crippen LogP contribution in [-0.2, 0) is 4.57 Å². The van der Waals surface area contributed by atoms with Gasteiger partial charge in [0.1, 0.15) is 0 Å². The Bertz CT molecular complexity index is 129. The molecular formula is C8H18K3O4P. The van der Waals surface area contributed by atoms with Crippen molar-refractivity contribution < 1.29 is 173 Å². The number of phosphoric acid groups is 1. The summed E-state index contributed by atoms with van der Waals surface area (Å²) in [5.74, 6) is 0. The van der Waals surface area contributed by atoms with Gasteiger partial charge in [0.05, 0.1) is 0 Å². The molecule has 0 aliphatic carbocycles. The molecule has 0 atom stereocenters. The minimum atomic E-state index is -5.39. The Morgan fingerprint density at radius 1 is 0.750 bits per heavy atom. The second kappa shape index (κ2) is 25.0. The molecule has 0 spiro atoms. The summed E-state index contributed by atoms with van der Waals surface area (Å²) in [6.07, 6.45) is 8.49. The van der Waals surface area contributed by atoms with Crippen LogP contribution in [0.3, 0.4) is 0 Å². The largest absolute Gasteiger partial charge is 1.00 e. The number of rotatable bonds is 5. The SMILES string of the molecule is CCCCCCCC.O=P([O-])([O-])[O-].[K+].[K+].[K+]. The van der Waals surface area contributed by atoms with Crippen molar-refractivity contribution in [3.05, 3.63) is 0 Å². The van der Waals surface area contributed by atoms with Gasteiger partial charge >= 0.3 is 154 Å². The standard InChI is InChI=1S/C8H18.3K.H3O4P/c1-3-5-7-8-6-4-2;;;;1-5(2,3)4/h3-8H2,1-2H3;;;;(H3,1,2,3,4)/q;3*+1;/p-3. The van der Waals surface area contributed by atoms with E-state index in [1.54, 1.807) is 0 Å². The smallest absolute Gasteiger partial charge is 0.822 e. The first-order valence-corrected chi connectivity index (χ1v) is 6.11. The van der Waals surface area contributed by atoms with Crippen LogP contribution in [-0.4, -0.2) is 0 Å². The molecule has 4 nitrogen and oxygen atoms in total. The topological polar surface area (TPSA) is 86.2 Å². The van der Waals surface area contributed by atoms with E-state index in [2.05, 4.69) is 13.8 Å². The Kier molecular flexibility index (Phi) is 51.3. The maximum atomic E-state index is 8.55. The van der Waals surface area contributed by atoms with E-state index < -0.39 is 7.82 Å². The van der Waals surface area contributed by atoms with Crippen molar-refractivity contribution in [1.29, 1.82) is 0 Å². The Morgan fingerprint density at radius 2 is 0.938 bits per heavy atom. The minimum Gasteiger partial charge on any atom is -0.822 e. The fraction of sp³-hybridized carbons (Fsp3) is 1.00. The summed E-state index contributed by atoms with van der Waals surface area (Å²) in [4.78, 5) is 25.6. The normalized spacial score (nSPS) is 8.56. The van der Waals surface area contributed by atoms with Crippen LogP contribution in [0.25, 0.3) is 0 Å². The van der Waals surface area contributed by atoms with E-state index in [9.17, 15) is 0 Å². The van der Waals surface area contributed by atoms with Gasteiger partial charge in [0.2, 0.25) is 0 Å². The fourth-order valence-corrected chi connectivity index (χ4v) is 0.854. The average Bonchev–Trinajstić information content (AvgIpc) is 1.95. The molecule has 0 amide bonds. The van der Waals surface area contributed by atoms with E-state index in [4.69, 9.17) is 19.2 Å². The first-order valence-electron chi connectivity index (χ1n) is 4.64. The van der Waals surface area contributed by atoms with Crippen LogP contribution in [0.2, 0.25) is 0 Å². The molecule has 0 aliphatic rings. The number of unbranched alkanes of at least 4 members (excludes halogenated alkanes) is 5. The Hall–Kier alpha value is 5.02. The van der Waals surface area contributed by atoms with Gasteiger partial charge < -0.3 is 19.2 Å². The van der Waals surface area contributed by atoms with Crippen LogP contribution in [0.4, 0.5) is 0 Å². The molecule has 0 fully saturated rings. The molecule has 16 heavy (non-hydrogen) atoms. The fourth-order valence-electron chi connectivity index (χ4n) is 0.854. The number of hydrogen-bond acceptors (Lipinski definition) is 4. The van der Waals surface area contributed by atoms with Crippen molar-refractivity contribution in [2.75, 3.05) is 0 Å². The molecule has 0 saturated carbocycles. The maximum absolute atomic E-state index is 8.55. The summed E-state index contributed by atoms with van der Waals surface area (Å²) in [5, 5.41) is 0. The molecule has 0 aliphatic heterocycles. The first-order chi connectivity index (χ1) is 5.91. The van der Waals surface area contributed by atoms with Crippen LogP contribution < -0.4 is 169 Å². The van der Waals surface area contributed by atoms with Crippen molar-refractivity contribution in [2.24, 2.45) is 0 Å². The van der Waals surface area contributed by atoms with Crippen molar-refractivity contribution in [1.82, 2.24) is 0 Å². The summed E-state index contributed by atoms with van der Waals surface area (Å²) in [5.41, 5.74) is 0. The minimum absolute atomic E-state index is 0. The van der Waals surface area contributed by atoms with E-state index >= 15 is 0 Å². The molecular weight excluding hydrogens is 308 g/mol. The van der Waals surface area contributed by atoms with Gasteiger partial charge in [-0.05, 0) is 0 Å². The van der Waals surface area contributed by atoms with Crippen molar-refractivity contribution >= 4 is 7.82 Å². The molecule has 0 bridgehead atoms. The summed E-state index contributed by atoms with van der Waals surface area (Å²) < 4.78 is 8.55. The molecule has 0 aromatic heterocycles. The molecule has 0 saturated heterocycles. The van der Waals surface area contributed by atoms with E-state index in [1.165, 1.54) is 38.5 Å². The van der Waals surface area contributed by atoms with Crippen molar-refractivity contribution in [2.45, 2.75) is 52.4 Å². The maximum Gasteiger partial charge on any atom is 1.00 e. The molecule has 82 valence electrons. The summed E-state index contributed by atoms with van der Waals surface area (Å²) in [6.45, 7) is 4.51. The van der Waals surface area contributed by atoms with Crippen LogP contribution >= 0.6 is 7.82 Å². The molecule has 0 unspecified atom stereocenters. The van der Waals surface area contributed by atoms with Crippen LogP contribution in [0.1, 0.15) is 52.4 Å². The third kappa shape index (κ3) is 61.5. The van der Waals surface area contributed by atoms with E-state index in [0.29, 0.717) is 0 Å². The predicted octanol–water partition coefficient (Wildman–Crippen LogP) is -8.45. The Morgan fingerprint density at radius 3 is 1.06 bits per heavy atom. The van der Waals surface area contributed by atoms with Gasteiger partial charge in [-0.2, -0.15) is 7.82 Å². The Labute approximate surface area is 227 Å². The molecule has 0 heterocycles. The van der Waals surface area contributed by atoms with Gasteiger partial charge in [-0.3, -0.25) is 0 Å². The number of hydrogen-bond donors (Lipinski definition) is 0.